The maximum absolute atomic E-state index is 13.4. The van der Waals surface area contributed by atoms with Crippen LogP contribution in [0.5, 0.6) is 0 Å². The molecule has 3 fully saturated rings. The quantitative estimate of drug-likeness (QED) is 0.883. The Hall–Kier alpha value is -1.76. The largest absolute Gasteiger partial charge is 0.390 e. The number of aliphatic hydroxyl groups is 1. The molecule has 2 saturated heterocycles. The number of aliphatic imine (C=N–C) groups is 1. The molecule has 0 aromatic heterocycles. The van der Waals surface area contributed by atoms with Crippen molar-refractivity contribution in [3.63, 3.8) is 0 Å². The second-order valence-corrected chi connectivity index (χ2v) is 7.45. The molecule has 6 atom stereocenters. The van der Waals surface area contributed by atoms with Gasteiger partial charge in [0.25, 0.3) is 5.91 Å². The van der Waals surface area contributed by atoms with Crippen LogP contribution in [-0.4, -0.2) is 48.7 Å². The minimum Gasteiger partial charge on any atom is -0.390 e. The molecule has 5 aliphatic rings. The fourth-order valence-electron chi connectivity index (χ4n) is 5.54. The highest BCUT2D eigenvalue weighted by molar-refractivity contribution is 6.07. The molecular formula is C19H22N2O4. The number of hydrogen-bond donors (Lipinski definition) is 1. The Labute approximate surface area is 146 Å². The Kier molecular flexibility index (Phi) is 3.18. The first-order chi connectivity index (χ1) is 12.1. The van der Waals surface area contributed by atoms with Gasteiger partial charge in [-0.25, -0.2) is 0 Å². The summed E-state index contributed by atoms with van der Waals surface area (Å²) in [6.45, 7) is 2.63. The molecule has 6 rings (SSSR count). The van der Waals surface area contributed by atoms with E-state index in [-0.39, 0.29) is 23.8 Å². The number of fused-ring (bicyclic) bond motifs is 2. The van der Waals surface area contributed by atoms with E-state index in [1.165, 1.54) is 12.2 Å². The molecule has 132 valence electrons. The summed E-state index contributed by atoms with van der Waals surface area (Å²) in [4.78, 5) is 23.7. The molecule has 1 N–H and O–H groups in total. The molecule has 6 heteroatoms. The molecule has 4 bridgehead atoms. The molecule has 1 saturated carbocycles. The summed E-state index contributed by atoms with van der Waals surface area (Å²) in [5.74, 6) is 0.0171. The van der Waals surface area contributed by atoms with Crippen LogP contribution in [0, 0.1) is 11.8 Å². The van der Waals surface area contributed by atoms with Gasteiger partial charge in [0, 0.05) is 17.5 Å². The van der Waals surface area contributed by atoms with E-state index in [0.29, 0.717) is 13.0 Å². The minimum absolute atomic E-state index is 0.00434. The lowest BCUT2D eigenvalue weighted by Crippen LogP contribution is -2.58. The number of rotatable bonds is 2. The predicted molar refractivity (Wildman–Crippen MR) is 91.5 cm³/mol. The zero-order valence-electron chi connectivity index (χ0n) is 14.4. The highest BCUT2D eigenvalue weighted by Gasteiger charge is 2.67. The summed E-state index contributed by atoms with van der Waals surface area (Å²) in [6.07, 6.45) is 0.113. The lowest BCUT2D eigenvalue weighted by Gasteiger charge is -2.42. The van der Waals surface area contributed by atoms with Crippen molar-refractivity contribution in [2.45, 2.75) is 43.4 Å². The molecule has 25 heavy (non-hydrogen) atoms. The number of hydroxylamine groups is 1. The normalized spacial score (nSPS) is 41.2. The van der Waals surface area contributed by atoms with Gasteiger partial charge in [-0.2, -0.15) is 5.06 Å². The molecule has 4 aliphatic heterocycles. The van der Waals surface area contributed by atoms with Crippen LogP contribution in [0.2, 0.25) is 0 Å². The Balaban J connectivity index is 1.73. The van der Waals surface area contributed by atoms with Gasteiger partial charge in [-0.3, -0.25) is 14.6 Å². The van der Waals surface area contributed by atoms with Gasteiger partial charge in [0.2, 0.25) is 0 Å². The fraction of sp³-hybridized carbons (Fsp3) is 0.579. The van der Waals surface area contributed by atoms with E-state index in [1.807, 2.05) is 24.3 Å². The van der Waals surface area contributed by atoms with E-state index in [2.05, 4.69) is 6.92 Å². The van der Waals surface area contributed by atoms with Crippen LogP contribution in [-0.2, 0) is 19.8 Å². The number of benzene rings is 1. The van der Waals surface area contributed by atoms with Crippen molar-refractivity contribution in [2.75, 3.05) is 18.8 Å². The number of para-hydroxylation sites is 1. The van der Waals surface area contributed by atoms with Gasteiger partial charge in [0.15, 0.2) is 0 Å². The smallest absolute Gasteiger partial charge is 0.264 e. The van der Waals surface area contributed by atoms with Crippen molar-refractivity contribution in [1.29, 1.82) is 0 Å². The zero-order valence-corrected chi connectivity index (χ0v) is 14.4. The van der Waals surface area contributed by atoms with E-state index in [4.69, 9.17) is 14.6 Å². The first-order valence-electron chi connectivity index (χ1n) is 8.98. The summed E-state index contributed by atoms with van der Waals surface area (Å²) >= 11 is 0. The third kappa shape index (κ3) is 1.70. The molecule has 6 nitrogen and oxygen atoms in total. The average molecular weight is 342 g/mol. The van der Waals surface area contributed by atoms with Gasteiger partial charge in [0.05, 0.1) is 31.5 Å². The molecule has 1 aliphatic carbocycles. The summed E-state index contributed by atoms with van der Waals surface area (Å²) in [5, 5.41) is 12.5. The van der Waals surface area contributed by atoms with Crippen LogP contribution in [0.3, 0.4) is 0 Å². The van der Waals surface area contributed by atoms with Crippen molar-refractivity contribution in [1.82, 2.24) is 0 Å². The fourth-order valence-corrected chi connectivity index (χ4v) is 5.54. The summed E-state index contributed by atoms with van der Waals surface area (Å²) in [5.41, 5.74) is 1.77. The first-order valence-corrected chi connectivity index (χ1v) is 8.98. The molecule has 1 unspecified atom stereocenters. The van der Waals surface area contributed by atoms with E-state index in [9.17, 15) is 9.90 Å². The van der Waals surface area contributed by atoms with Crippen molar-refractivity contribution >= 4 is 17.3 Å². The molecule has 4 heterocycles. The van der Waals surface area contributed by atoms with E-state index < -0.39 is 17.6 Å². The number of nitrogens with zero attached hydrogens (tertiary/aromatic N) is 2. The molecule has 1 spiro atoms. The van der Waals surface area contributed by atoms with Gasteiger partial charge in [-0.15, -0.1) is 0 Å². The Morgan fingerprint density at radius 1 is 1.44 bits per heavy atom. The molecular weight excluding hydrogens is 320 g/mol. The van der Waals surface area contributed by atoms with Gasteiger partial charge in [0.1, 0.15) is 11.5 Å². The van der Waals surface area contributed by atoms with E-state index in [0.717, 1.165) is 23.4 Å². The summed E-state index contributed by atoms with van der Waals surface area (Å²) < 4.78 is 6.12. The third-order valence-corrected chi connectivity index (χ3v) is 6.55. The van der Waals surface area contributed by atoms with Crippen LogP contribution >= 0.6 is 0 Å². The molecule has 1 aromatic carbocycles. The van der Waals surface area contributed by atoms with Gasteiger partial charge >= 0.3 is 0 Å². The Bertz CT molecular complexity index is 778. The predicted octanol–water partition coefficient (Wildman–Crippen LogP) is 1.46. The summed E-state index contributed by atoms with van der Waals surface area (Å²) in [6, 6.07) is 7.67. The van der Waals surface area contributed by atoms with Crippen molar-refractivity contribution in [2.24, 2.45) is 16.8 Å². The third-order valence-electron chi connectivity index (χ3n) is 6.55. The van der Waals surface area contributed by atoms with Crippen molar-refractivity contribution < 1.29 is 19.5 Å². The van der Waals surface area contributed by atoms with Crippen LogP contribution in [0.15, 0.2) is 29.3 Å². The van der Waals surface area contributed by atoms with E-state index in [1.54, 1.807) is 0 Å². The highest BCUT2D eigenvalue weighted by Crippen LogP contribution is 2.56. The number of carbonyl (C=O) groups excluding carboxylic acids is 1. The van der Waals surface area contributed by atoms with Crippen LogP contribution in [0.4, 0.5) is 5.69 Å². The topological polar surface area (TPSA) is 71.4 Å². The maximum Gasteiger partial charge on any atom is 0.264 e. The van der Waals surface area contributed by atoms with Gasteiger partial charge in [-0.05, 0) is 24.5 Å². The molecule has 1 aromatic rings. The van der Waals surface area contributed by atoms with Crippen molar-refractivity contribution in [3.05, 3.63) is 29.8 Å². The Morgan fingerprint density at radius 3 is 3.00 bits per heavy atom. The monoisotopic (exact) mass is 342 g/mol. The number of anilines is 1. The molecule has 1 amide bonds. The van der Waals surface area contributed by atoms with Gasteiger partial charge < -0.3 is 9.84 Å². The zero-order chi connectivity index (χ0) is 17.3. The minimum atomic E-state index is -0.928. The van der Waals surface area contributed by atoms with E-state index >= 15 is 0 Å². The number of carbonyl (C=O) groups is 1. The van der Waals surface area contributed by atoms with Crippen LogP contribution in [0.25, 0.3) is 0 Å². The highest BCUT2D eigenvalue weighted by atomic mass is 16.7. The molecule has 0 radical (unpaired) electrons. The number of aliphatic hydroxyl groups excluding tert-OH is 1. The van der Waals surface area contributed by atoms with Crippen LogP contribution in [0.1, 0.15) is 25.3 Å². The second-order valence-electron chi connectivity index (χ2n) is 7.45. The first kappa shape index (κ1) is 15.5. The second kappa shape index (κ2) is 5.13. The SMILES string of the molecule is CCC1=N[C@H]2C[C@@]3(C(=O)N(OC)c4ccccc43)[C@H]3OC[C@H]2[C@@H]1C3O. The summed E-state index contributed by atoms with van der Waals surface area (Å²) in [7, 11) is 1.50. The Morgan fingerprint density at radius 2 is 2.24 bits per heavy atom. The average Bonchev–Trinajstić information content (AvgIpc) is 3.00. The maximum atomic E-state index is 13.4. The van der Waals surface area contributed by atoms with Crippen LogP contribution < -0.4 is 5.06 Å². The standard InChI is InChI=1S/C19H22N2O4/c1-3-12-15-10-9-25-17(16(15)22)19(8-13(10)20-12)11-6-4-5-7-14(11)21(24-2)18(19)23/h4-7,10,13,15-17,22H,3,8-9H2,1-2H3/t10-,13+,15+,16?,17+,19+/m1/s1. The lowest BCUT2D eigenvalue weighted by molar-refractivity contribution is -0.152. The lowest BCUT2D eigenvalue weighted by atomic mass is 9.70. The van der Waals surface area contributed by atoms with Crippen molar-refractivity contribution in [3.8, 4) is 0 Å². The number of amides is 1. The van der Waals surface area contributed by atoms with Gasteiger partial charge in [-0.1, -0.05) is 25.1 Å². The number of ether oxygens (including phenoxy) is 1. The number of hydrogen-bond acceptors (Lipinski definition) is 5.